The maximum Gasteiger partial charge on any atom is 0.247 e. The molecular weight excluding hydrogens is 378 g/mol. The number of benzene rings is 2. The number of anilines is 1. The van der Waals surface area contributed by atoms with Gasteiger partial charge < -0.3 is 15.0 Å². The minimum atomic E-state index is -1.31. The Balaban J connectivity index is 1.80. The topological polar surface area (TPSA) is 105 Å². The summed E-state index contributed by atoms with van der Waals surface area (Å²) in [5.41, 5.74) is 1.47. The van der Waals surface area contributed by atoms with E-state index in [0.29, 0.717) is 5.69 Å². The number of nitrogens with zero attached hydrogens (tertiary/aromatic N) is 3. The van der Waals surface area contributed by atoms with Gasteiger partial charge in [-0.1, -0.05) is 48.2 Å². The summed E-state index contributed by atoms with van der Waals surface area (Å²) in [5.74, 6) is -1.68. The van der Waals surface area contributed by atoms with Crippen molar-refractivity contribution in [3.8, 4) is 5.75 Å². The van der Waals surface area contributed by atoms with Gasteiger partial charge in [0.15, 0.2) is 5.17 Å². The summed E-state index contributed by atoms with van der Waals surface area (Å²) < 4.78 is 0. The average molecular weight is 394 g/mol. The lowest BCUT2D eigenvalue weighted by Gasteiger charge is -2.15. The Bertz CT molecular complexity index is 940. The normalized spacial score (nSPS) is 18.6. The lowest BCUT2D eigenvalue weighted by atomic mass is 10.2. The predicted octanol–water partition coefficient (Wildman–Crippen LogP) is 2.04. The third-order valence-corrected chi connectivity index (χ3v) is 4.91. The van der Waals surface area contributed by atoms with Crippen molar-refractivity contribution >= 4 is 46.8 Å². The Morgan fingerprint density at radius 3 is 2.57 bits per heavy atom. The van der Waals surface area contributed by atoms with E-state index in [1.165, 1.54) is 23.2 Å². The fraction of sp³-hybridized carbons (Fsp3) is 0.100. The van der Waals surface area contributed by atoms with Crippen molar-refractivity contribution in [2.75, 3.05) is 4.90 Å². The number of aromatic hydroxyl groups is 1. The number of hydrogen-bond donors (Lipinski definition) is 1. The van der Waals surface area contributed by atoms with Gasteiger partial charge in [-0.25, -0.2) is 0 Å². The van der Waals surface area contributed by atoms with E-state index in [-0.39, 0.29) is 10.9 Å². The molecule has 0 bridgehead atoms. The highest BCUT2D eigenvalue weighted by Gasteiger charge is 2.39. The summed E-state index contributed by atoms with van der Waals surface area (Å²) in [6, 6.07) is 15.6. The second kappa shape index (κ2) is 9.01. The Morgan fingerprint density at radius 1 is 1.18 bits per heavy atom. The number of carbonyl (C=O) groups is 2. The van der Waals surface area contributed by atoms with Crippen molar-refractivity contribution < 1.29 is 19.8 Å². The SMILES string of the molecule is O=C([O-])C[C@H]1S/C(=N/N=C\C=C\c2ccccc2)N(c2ccc(O)cc2)C1=O. The number of phenolic OH excluding ortho intramolecular Hbond substituents is 1. The molecule has 0 radical (unpaired) electrons. The number of amidine groups is 1. The number of amides is 1. The summed E-state index contributed by atoms with van der Waals surface area (Å²) in [7, 11) is 0. The van der Waals surface area contributed by atoms with Gasteiger partial charge in [-0.2, -0.15) is 5.10 Å². The summed E-state index contributed by atoms with van der Waals surface area (Å²) in [4.78, 5) is 24.8. The third-order valence-electron chi connectivity index (χ3n) is 3.78. The van der Waals surface area contributed by atoms with Gasteiger partial charge in [0.1, 0.15) is 5.75 Å². The molecule has 7 nitrogen and oxygen atoms in total. The van der Waals surface area contributed by atoms with Crippen molar-refractivity contribution in [1.29, 1.82) is 0 Å². The molecule has 2 aromatic carbocycles. The van der Waals surface area contributed by atoms with E-state index in [1.807, 2.05) is 36.4 Å². The summed E-state index contributed by atoms with van der Waals surface area (Å²) >= 11 is 1.01. The number of carboxylic acid groups (broad SMARTS) is 1. The van der Waals surface area contributed by atoms with Crippen molar-refractivity contribution in [3.05, 3.63) is 66.2 Å². The van der Waals surface area contributed by atoms with Crippen LogP contribution in [0.25, 0.3) is 6.08 Å². The first-order valence-corrected chi connectivity index (χ1v) is 9.25. The average Bonchev–Trinajstić information content (AvgIpc) is 2.98. The van der Waals surface area contributed by atoms with Gasteiger partial charge in [-0.15, -0.1) is 5.10 Å². The quantitative estimate of drug-likeness (QED) is 0.596. The first-order chi connectivity index (χ1) is 13.5. The Morgan fingerprint density at radius 2 is 1.89 bits per heavy atom. The number of rotatable bonds is 6. The fourth-order valence-electron chi connectivity index (χ4n) is 2.50. The predicted molar refractivity (Wildman–Crippen MR) is 108 cm³/mol. The fourth-order valence-corrected chi connectivity index (χ4v) is 3.57. The molecule has 142 valence electrons. The van der Waals surface area contributed by atoms with Crippen molar-refractivity contribution in [3.63, 3.8) is 0 Å². The van der Waals surface area contributed by atoms with Gasteiger partial charge in [0.05, 0.1) is 10.9 Å². The second-order valence-electron chi connectivity index (χ2n) is 5.79. The van der Waals surface area contributed by atoms with Crippen LogP contribution in [0.2, 0.25) is 0 Å². The molecule has 1 amide bonds. The zero-order valence-electron chi connectivity index (χ0n) is 14.6. The zero-order chi connectivity index (χ0) is 19.9. The van der Waals surface area contributed by atoms with Gasteiger partial charge in [0.2, 0.25) is 5.91 Å². The van der Waals surface area contributed by atoms with Gasteiger partial charge in [0, 0.05) is 18.6 Å². The molecule has 1 N–H and O–H groups in total. The molecule has 0 aromatic heterocycles. The highest BCUT2D eigenvalue weighted by atomic mass is 32.2. The molecule has 1 fully saturated rings. The van der Waals surface area contributed by atoms with E-state index < -0.39 is 23.5 Å². The van der Waals surface area contributed by atoms with Crippen LogP contribution < -0.4 is 10.0 Å². The number of allylic oxidation sites excluding steroid dienone is 1. The molecule has 1 atom stereocenters. The van der Waals surface area contributed by atoms with E-state index in [9.17, 15) is 19.8 Å². The van der Waals surface area contributed by atoms with Gasteiger partial charge in [-0.05, 0) is 35.9 Å². The Hall–Kier alpha value is -3.39. The van der Waals surface area contributed by atoms with Crippen LogP contribution in [0.1, 0.15) is 12.0 Å². The molecule has 1 aliphatic heterocycles. The molecule has 0 spiro atoms. The molecule has 1 saturated heterocycles. The van der Waals surface area contributed by atoms with E-state index in [2.05, 4.69) is 10.2 Å². The van der Waals surface area contributed by atoms with Crippen LogP contribution in [0.4, 0.5) is 5.69 Å². The zero-order valence-corrected chi connectivity index (χ0v) is 15.5. The van der Waals surface area contributed by atoms with Crippen LogP contribution in [0, 0.1) is 0 Å². The molecule has 1 heterocycles. The van der Waals surface area contributed by atoms with Gasteiger partial charge >= 0.3 is 0 Å². The van der Waals surface area contributed by atoms with Gasteiger partial charge in [0.25, 0.3) is 0 Å². The van der Waals surface area contributed by atoms with Gasteiger partial charge in [-0.3, -0.25) is 9.69 Å². The summed E-state index contributed by atoms with van der Waals surface area (Å²) in [6.07, 6.45) is 4.62. The standard InChI is InChI=1S/C20H17N3O4S/c24-16-10-8-15(9-11-16)23-19(27)17(13-18(25)26)28-20(23)22-21-12-4-7-14-5-2-1-3-6-14/h1-12,17,24H,13H2,(H,25,26)/p-1/b7-4+,21-12-,22-20+/t17-/m1/s1. The van der Waals surface area contributed by atoms with Crippen molar-refractivity contribution in [2.24, 2.45) is 10.2 Å². The molecule has 3 rings (SSSR count). The molecule has 28 heavy (non-hydrogen) atoms. The first kappa shape index (κ1) is 19.4. The maximum atomic E-state index is 12.6. The molecule has 8 heteroatoms. The minimum absolute atomic E-state index is 0.0527. The third kappa shape index (κ3) is 4.86. The molecule has 0 saturated carbocycles. The smallest absolute Gasteiger partial charge is 0.247 e. The molecular formula is C20H16N3O4S-. The second-order valence-corrected chi connectivity index (χ2v) is 6.96. The lowest BCUT2D eigenvalue weighted by Crippen LogP contribution is -2.35. The molecule has 2 aromatic rings. The van der Waals surface area contributed by atoms with Crippen LogP contribution in [0.3, 0.4) is 0 Å². The largest absolute Gasteiger partial charge is 0.550 e. The number of thioether (sulfide) groups is 1. The van der Waals surface area contributed by atoms with E-state index >= 15 is 0 Å². The molecule has 1 aliphatic rings. The highest BCUT2D eigenvalue weighted by molar-refractivity contribution is 8.16. The van der Waals surface area contributed by atoms with E-state index in [4.69, 9.17) is 0 Å². The van der Waals surface area contributed by atoms with Crippen LogP contribution in [0.5, 0.6) is 5.75 Å². The number of carbonyl (C=O) groups excluding carboxylic acids is 2. The molecule has 0 unspecified atom stereocenters. The Labute approximate surface area is 165 Å². The summed E-state index contributed by atoms with van der Waals surface area (Å²) in [6.45, 7) is 0. The first-order valence-electron chi connectivity index (χ1n) is 8.37. The van der Waals surface area contributed by atoms with Crippen LogP contribution in [0.15, 0.2) is 70.9 Å². The number of carboxylic acids is 1. The number of aliphatic carboxylic acids is 1. The summed E-state index contributed by atoms with van der Waals surface area (Å²) in [5, 5.41) is 27.8. The number of phenols is 1. The number of hydrogen-bond acceptors (Lipinski definition) is 7. The van der Waals surface area contributed by atoms with Crippen LogP contribution >= 0.6 is 11.8 Å². The van der Waals surface area contributed by atoms with Crippen molar-refractivity contribution in [1.82, 2.24) is 0 Å². The van der Waals surface area contributed by atoms with Crippen molar-refractivity contribution in [2.45, 2.75) is 11.7 Å². The highest BCUT2D eigenvalue weighted by Crippen LogP contribution is 2.34. The van der Waals surface area contributed by atoms with Crippen LogP contribution in [-0.2, 0) is 9.59 Å². The monoisotopic (exact) mass is 394 g/mol. The minimum Gasteiger partial charge on any atom is -0.550 e. The molecule has 0 aliphatic carbocycles. The van der Waals surface area contributed by atoms with E-state index in [0.717, 1.165) is 17.3 Å². The Kier molecular flexibility index (Phi) is 6.23. The maximum absolute atomic E-state index is 12.6. The lowest BCUT2D eigenvalue weighted by molar-refractivity contribution is -0.305. The van der Waals surface area contributed by atoms with E-state index in [1.54, 1.807) is 18.2 Å². The van der Waals surface area contributed by atoms with Crippen LogP contribution in [-0.4, -0.2) is 33.6 Å².